The van der Waals surface area contributed by atoms with Crippen LogP contribution in [0.2, 0.25) is 0 Å². The van der Waals surface area contributed by atoms with E-state index < -0.39 is 151 Å². The first-order valence-corrected chi connectivity index (χ1v) is 24.6. The highest BCUT2D eigenvalue weighted by Crippen LogP contribution is 2.60. The third kappa shape index (κ3) is 8.12. The van der Waals surface area contributed by atoms with E-state index in [0.29, 0.717) is 0 Å². The molecule has 0 aliphatic carbocycles. The number of carbonyl (C=O) groups is 7. The lowest BCUT2D eigenvalue weighted by Crippen LogP contribution is -2.94. The minimum Gasteiger partial charge on any atom is -0.394 e. The number of hydrogen-bond donors (Lipinski definition) is 8. The highest BCUT2D eigenvalue weighted by molar-refractivity contribution is 6.23. The van der Waals surface area contributed by atoms with Crippen LogP contribution in [0.15, 0.2) is 212 Å². The van der Waals surface area contributed by atoms with Crippen molar-refractivity contribution in [2.75, 3.05) is 13.2 Å². The van der Waals surface area contributed by atoms with Gasteiger partial charge in [0.1, 0.15) is 18.3 Å². The summed E-state index contributed by atoms with van der Waals surface area (Å²) in [6, 6.07) is 41.5. The number of hydrogen-bond acceptors (Lipinski definition) is 18. The van der Waals surface area contributed by atoms with Gasteiger partial charge in [0.15, 0.2) is 5.60 Å². The second-order valence-corrected chi connectivity index (χ2v) is 18.9. The molecule has 0 bridgehead atoms. The highest BCUT2D eigenvalue weighted by Gasteiger charge is 2.91. The standard InChI is InChI=1S/C61H50O18/c62-36-45-54(71)55(72,47(64)38-22-8-1-9-23-38)57(73,49(66)40-26-12-3-13-27-40)61(77-45,53(70)44-34-20-7-21-35-44)79-56(48(65)39-24-10-2-11-25-39)46(37-63)78-60(76,52(69)43-32-18-6-19-33-43)59(75,51(68)42-30-16-5-17-31-42)58(56,74)50(67)41-28-14-4-15-29-41/h1-35,45-46,54,62-63,71-76H,36-37H2/t45-,46-,54+,55+,56+,57-,58+,59-,60?,61+/m1/s1. The van der Waals surface area contributed by atoms with E-state index in [0.717, 1.165) is 84.9 Å². The van der Waals surface area contributed by atoms with E-state index in [1.807, 2.05) is 0 Å². The molecular weight excluding hydrogens is 1020 g/mol. The van der Waals surface area contributed by atoms with E-state index in [-0.39, 0.29) is 0 Å². The molecule has 18 heteroatoms. The molecule has 9 rings (SSSR count). The largest absolute Gasteiger partial charge is 0.394 e. The number of benzene rings is 7. The first-order valence-electron chi connectivity index (χ1n) is 24.6. The molecule has 18 nitrogen and oxygen atoms in total. The van der Waals surface area contributed by atoms with Crippen molar-refractivity contribution in [3.63, 3.8) is 0 Å². The SMILES string of the molecule is O=C(c1ccccc1)C1(O)O[C@H](CO)[C@](O[C@]2(C(=O)c3ccccc3)O[C@H](CO)[C@H](O)[C@@](O)(C(=O)c3ccccc3)[C@]2(O)C(=O)c2ccccc2)(C(=O)c2ccccc2)[C@@](O)(C(=O)c2ccccc2)[C@]1(O)C(=O)c1ccccc1. The van der Waals surface area contributed by atoms with Crippen LogP contribution in [-0.2, 0) is 14.2 Å². The van der Waals surface area contributed by atoms with Gasteiger partial charge in [0.25, 0.3) is 11.6 Å². The number of ketones is 7. The zero-order valence-corrected chi connectivity index (χ0v) is 41.5. The van der Waals surface area contributed by atoms with Crippen molar-refractivity contribution in [1.82, 2.24) is 0 Å². The lowest BCUT2D eigenvalue weighted by Gasteiger charge is -2.65. The van der Waals surface area contributed by atoms with Gasteiger partial charge in [0.2, 0.25) is 62.9 Å². The van der Waals surface area contributed by atoms with Gasteiger partial charge in [-0.2, -0.15) is 0 Å². The maximum Gasteiger partial charge on any atom is 0.276 e. The molecule has 0 amide bonds. The summed E-state index contributed by atoms with van der Waals surface area (Å²) in [5, 5.41) is 106. The van der Waals surface area contributed by atoms with Crippen molar-refractivity contribution in [2.45, 2.75) is 57.9 Å². The predicted molar refractivity (Wildman–Crippen MR) is 277 cm³/mol. The van der Waals surface area contributed by atoms with Crippen LogP contribution in [0.4, 0.5) is 0 Å². The number of ether oxygens (including phenoxy) is 3. The van der Waals surface area contributed by atoms with Crippen LogP contribution >= 0.6 is 0 Å². The third-order valence-corrected chi connectivity index (χ3v) is 14.6. The molecular formula is C61H50O18. The van der Waals surface area contributed by atoms with Crippen molar-refractivity contribution in [3.8, 4) is 0 Å². The van der Waals surface area contributed by atoms with E-state index in [2.05, 4.69) is 0 Å². The number of aliphatic hydroxyl groups is 8. The van der Waals surface area contributed by atoms with Crippen molar-refractivity contribution in [2.24, 2.45) is 0 Å². The zero-order valence-electron chi connectivity index (χ0n) is 41.5. The van der Waals surface area contributed by atoms with Gasteiger partial charge in [-0.15, -0.1) is 0 Å². The summed E-state index contributed by atoms with van der Waals surface area (Å²) in [7, 11) is 0. The third-order valence-electron chi connectivity index (χ3n) is 14.6. The molecule has 0 saturated carbocycles. The van der Waals surface area contributed by atoms with Crippen LogP contribution in [0.1, 0.15) is 72.5 Å². The van der Waals surface area contributed by atoms with Gasteiger partial charge in [0.05, 0.1) is 13.2 Å². The van der Waals surface area contributed by atoms with Gasteiger partial charge in [-0.25, -0.2) is 0 Å². The van der Waals surface area contributed by atoms with Gasteiger partial charge in [-0.1, -0.05) is 212 Å². The number of aliphatic hydroxyl groups excluding tert-OH is 3. The van der Waals surface area contributed by atoms with Crippen molar-refractivity contribution in [3.05, 3.63) is 251 Å². The van der Waals surface area contributed by atoms with Crippen LogP contribution in [0.5, 0.6) is 0 Å². The summed E-state index contributed by atoms with van der Waals surface area (Å²) < 4.78 is 19.3. The maximum atomic E-state index is 16.7. The quantitative estimate of drug-likeness (QED) is 0.0571. The summed E-state index contributed by atoms with van der Waals surface area (Å²) in [4.78, 5) is 112. The molecule has 2 fully saturated rings. The van der Waals surface area contributed by atoms with Crippen molar-refractivity contribution < 1.29 is 88.6 Å². The van der Waals surface area contributed by atoms with E-state index in [4.69, 9.17) is 14.2 Å². The molecule has 2 aliphatic heterocycles. The van der Waals surface area contributed by atoms with Crippen molar-refractivity contribution in [1.29, 1.82) is 0 Å². The van der Waals surface area contributed by atoms with Crippen molar-refractivity contribution >= 4 is 40.5 Å². The topological polar surface area (TPSA) is 309 Å². The van der Waals surface area contributed by atoms with E-state index in [9.17, 15) is 40.9 Å². The number of rotatable bonds is 18. The van der Waals surface area contributed by atoms with E-state index in [1.54, 1.807) is 0 Å². The van der Waals surface area contributed by atoms with E-state index in [1.165, 1.54) is 127 Å². The molecule has 1 unspecified atom stereocenters. The summed E-state index contributed by atoms with van der Waals surface area (Å²) in [6.07, 6.45) is -8.79. The molecule has 7 aromatic rings. The molecule has 402 valence electrons. The Morgan fingerprint density at radius 1 is 0.367 bits per heavy atom. The van der Waals surface area contributed by atoms with Crippen LogP contribution in [0.25, 0.3) is 0 Å². The van der Waals surface area contributed by atoms with Crippen LogP contribution in [0.3, 0.4) is 0 Å². The molecule has 2 saturated heterocycles. The van der Waals surface area contributed by atoms with Crippen LogP contribution in [-0.4, -0.2) is 152 Å². The van der Waals surface area contributed by atoms with Gasteiger partial charge in [-0.05, 0) is 0 Å². The molecule has 10 atom stereocenters. The second kappa shape index (κ2) is 21.2. The fourth-order valence-corrected chi connectivity index (χ4v) is 10.7. The monoisotopic (exact) mass is 1070 g/mol. The Morgan fingerprint density at radius 3 is 1.03 bits per heavy atom. The Labute approximate surface area is 450 Å². The molecule has 0 spiro atoms. The first-order chi connectivity index (χ1) is 37.8. The average Bonchev–Trinajstić information content (AvgIpc) is 1.12. The normalized spacial score (nSPS) is 29.4. The Bertz CT molecular complexity index is 3430. The number of Topliss-reactive ketones (excluding diaryl/α,β-unsaturated/α-hetero) is 7. The Kier molecular flexibility index (Phi) is 14.9. The molecule has 7 aromatic carbocycles. The minimum absolute atomic E-state index is 0.586. The first kappa shape index (κ1) is 55.5. The summed E-state index contributed by atoms with van der Waals surface area (Å²) >= 11 is 0. The lowest BCUT2D eigenvalue weighted by atomic mass is 9.54. The molecule has 2 heterocycles. The lowest BCUT2D eigenvalue weighted by molar-refractivity contribution is -0.440. The fourth-order valence-electron chi connectivity index (χ4n) is 10.7. The molecule has 0 radical (unpaired) electrons. The van der Waals surface area contributed by atoms with Gasteiger partial charge in [0, 0.05) is 38.9 Å². The second-order valence-electron chi connectivity index (χ2n) is 18.9. The smallest absolute Gasteiger partial charge is 0.276 e. The predicted octanol–water partition coefficient (Wildman–Crippen LogP) is 3.37. The Balaban J connectivity index is 1.53. The van der Waals surface area contributed by atoms with Crippen LogP contribution in [0, 0.1) is 0 Å². The van der Waals surface area contributed by atoms with Crippen LogP contribution < -0.4 is 0 Å². The molecule has 8 N–H and O–H groups in total. The zero-order chi connectivity index (χ0) is 56.6. The Morgan fingerprint density at radius 2 is 0.671 bits per heavy atom. The summed E-state index contributed by atoms with van der Waals surface area (Å²) in [5.74, 6) is -22.3. The average molecular weight is 1070 g/mol. The number of carbonyl (C=O) groups excluding carboxylic acids is 7. The fraction of sp³-hybridized carbons (Fsp3) is 0.197. The van der Waals surface area contributed by atoms with Gasteiger partial charge < -0.3 is 55.1 Å². The molecule has 2 aliphatic rings. The highest BCUT2D eigenvalue weighted by atomic mass is 16.8. The van der Waals surface area contributed by atoms with E-state index >= 15 is 33.6 Å². The summed E-state index contributed by atoms with van der Waals surface area (Å²) in [5.41, 5.74) is -27.8. The maximum absolute atomic E-state index is 16.7. The summed E-state index contributed by atoms with van der Waals surface area (Å²) in [6.45, 7) is -3.44. The molecule has 0 aromatic heterocycles. The molecule has 79 heavy (non-hydrogen) atoms. The Hall–Kier alpha value is -8.21. The van der Waals surface area contributed by atoms with Gasteiger partial charge >= 0.3 is 0 Å². The minimum atomic E-state index is -4.84. The van der Waals surface area contributed by atoms with Gasteiger partial charge in [-0.3, -0.25) is 33.6 Å².